The third kappa shape index (κ3) is 1.68. The fourth-order valence-corrected chi connectivity index (χ4v) is 2.68. The van der Waals surface area contributed by atoms with E-state index in [4.69, 9.17) is 4.18 Å². The number of hydrogen-bond acceptors (Lipinski definition) is 4. The van der Waals surface area contributed by atoms with E-state index in [9.17, 15) is 13.2 Å². The van der Waals surface area contributed by atoms with Gasteiger partial charge in [-0.05, 0) is 30.5 Å². The third-order valence-corrected chi connectivity index (χ3v) is 3.60. The van der Waals surface area contributed by atoms with E-state index in [-0.39, 0.29) is 17.2 Å². The summed E-state index contributed by atoms with van der Waals surface area (Å²) in [5, 5.41) is 2.92. The van der Waals surface area contributed by atoms with Crippen molar-refractivity contribution in [2.75, 3.05) is 6.26 Å². The summed E-state index contributed by atoms with van der Waals surface area (Å²) < 4.78 is 26.8. The molecule has 0 unspecified atom stereocenters. The molecule has 2 aliphatic rings. The minimum absolute atomic E-state index is 0.156. The number of rotatable bonds is 2. The van der Waals surface area contributed by atoms with Gasteiger partial charge in [-0.3, -0.25) is 4.79 Å². The summed E-state index contributed by atoms with van der Waals surface area (Å²) in [5.41, 5.74) is 1.28. The van der Waals surface area contributed by atoms with Crippen molar-refractivity contribution in [3.05, 3.63) is 29.3 Å². The summed E-state index contributed by atoms with van der Waals surface area (Å²) in [6, 6.07) is 4.83. The van der Waals surface area contributed by atoms with Crippen LogP contribution in [0.2, 0.25) is 0 Å². The SMILES string of the molecule is CS(=O)(=O)Oc1ccc2c(c1)C(=O)NC21CC1. The van der Waals surface area contributed by atoms with E-state index in [1.807, 2.05) is 0 Å². The first-order chi connectivity index (χ1) is 7.90. The van der Waals surface area contributed by atoms with E-state index >= 15 is 0 Å². The van der Waals surface area contributed by atoms with Crippen molar-refractivity contribution in [2.24, 2.45) is 0 Å². The Morgan fingerprint density at radius 2 is 2.06 bits per heavy atom. The Hall–Kier alpha value is -1.56. The number of benzene rings is 1. The van der Waals surface area contributed by atoms with Crippen molar-refractivity contribution < 1.29 is 17.4 Å². The van der Waals surface area contributed by atoms with Crippen LogP contribution >= 0.6 is 0 Å². The Kier molecular flexibility index (Phi) is 1.87. The molecule has 17 heavy (non-hydrogen) atoms. The topological polar surface area (TPSA) is 72.5 Å². The van der Waals surface area contributed by atoms with Gasteiger partial charge in [-0.1, -0.05) is 6.07 Å². The highest BCUT2D eigenvalue weighted by Crippen LogP contribution is 2.50. The van der Waals surface area contributed by atoms with Gasteiger partial charge < -0.3 is 9.50 Å². The highest BCUT2D eigenvalue weighted by atomic mass is 32.2. The molecule has 1 spiro atoms. The maximum absolute atomic E-state index is 11.7. The standard InChI is InChI=1S/C11H11NO4S/c1-17(14,15)16-7-2-3-9-8(6-7)10(13)12-11(9)4-5-11/h2-3,6H,4-5H2,1H3,(H,12,13). The first kappa shape index (κ1) is 10.6. The van der Waals surface area contributed by atoms with Crippen LogP contribution in [0.3, 0.4) is 0 Å². The molecule has 1 aromatic carbocycles. The molecule has 3 rings (SSSR count). The second kappa shape index (κ2) is 3.01. The number of fused-ring (bicyclic) bond motifs is 2. The van der Waals surface area contributed by atoms with Crippen LogP contribution in [-0.2, 0) is 15.7 Å². The summed E-state index contributed by atoms with van der Waals surface area (Å²) in [6.45, 7) is 0. The maximum Gasteiger partial charge on any atom is 0.306 e. The van der Waals surface area contributed by atoms with Crippen molar-refractivity contribution >= 4 is 16.0 Å². The van der Waals surface area contributed by atoms with E-state index < -0.39 is 10.1 Å². The van der Waals surface area contributed by atoms with Crippen LogP contribution in [0.5, 0.6) is 5.75 Å². The molecule has 0 saturated heterocycles. The van der Waals surface area contributed by atoms with Gasteiger partial charge >= 0.3 is 10.1 Å². The molecule has 1 aliphatic heterocycles. The summed E-state index contributed by atoms with van der Waals surface area (Å²) in [5.74, 6) is 0.0237. The average Bonchev–Trinajstić information content (AvgIpc) is 2.90. The van der Waals surface area contributed by atoms with Crippen LogP contribution in [0.4, 0.5) is 0 Å². The largest absolute Gasteiger partial charge is 0.383 e. The predicted octanol–water partition coefficient (Wildman–Crippen LogP) is 0.758. The molecule has 90 valence electrons. The average molecular weight is 253 g/mol. The van der Waals surface area contributed by atoms with Crippen LogP contribution in [0, 0.1) is 0 Å². The number of carbonyl (C=O) groups is 1. The normalized spacial score (nSPS) is 19.9. The van der Waals surface area contributed by atoms with Crippen molar-refractivity contribution in [3.63, 3.8) is 0 Å². The maximum atomic E-state index is 11.7. The molecule has 0 atom stereocenters. The second-order valence-electron chi connectivity index (χ2n) is 4.53. The van der Waals surface area contributed by atoms with E-state index in [0.29, 0.717) is 5.56 Å². The highest BCUT2D eigenvalue weighted by Gasteiger charge is 2.52. The molecule has 5 nitrogen and oxygen atoms in total. The van der Waals surface area contributed by atoms with Crippen LogP contribution in [0.1, 0.15) is 28.8 Å². The Balaban J connectivity index is 2.03. The van der Waals surface area contributed by atoms with Crippen molar-refractivity contribution in [2.45, 2.75) is 18.4 Å². The Bertz CT molecular complexity index is 616. The van der Waals surface area contributed by atoms with Crippen LogP contribution in [-0.4, -0.2) is 20.6 Å². The van der Waals surface area contributed by atoms with Gasteiger partial charge in [-0.25, -0.2) is 0 Å². The molecule has 0 bridgehead atoms. The highest BCUT2D eigenvalue weighted by molar-refractivity contribution is 7.86. The molecule has 1 heterocycles. The minimum Gasteiger partial charge on any atom is -0.383 e. The molecule has 0 radical (unpaired) electrons. The van der Waals surface area contributed by atoms with Gasteiger partial charge in [0.1, 0.15) is 5.75 Å². The van der Waals surface area contributed by atoms with E-state index in [0.717, 1.165) is 24.7 Å². The third-order valence-electron chi connectivity index (χ3n) is 3.10. The zero-order valence-corrected chi connectivity index (χ0v) is 10.0. The van der Waals surface area contributed by atoms with Crippen LogP contribution in [0.25, 0.3) is 0 Å². The molecule has 1 N–H and O–H groups in total. The van der Waals surface area contributed by atoms with Crippen molar-refractivity contribution in [1.29, 1.82) is 0 Å². The number of amides is 1. The van der Waals surface area contributed by atoms with Gasteiger partial charge in [0.15, 0.2) is 0 Å². The number of carbonyl (C=O) groups excluding carboxylic acids is 1. The van der Waals surface area contributed by atoms with Crippen molar-refractivity contribution in [3.8, 4) is 5.75 Å². The van der Waals surface area contributed by atoms with E-state index in [1.165, 1.54) is 6.07 Å². The Morgan fingerprint density at radius 1 is 1.35 bits per heavy atom. The summed E-state index contributed by atoms with van der Waals surface area (Å²) in [6.07, 6.45) is 2.86. The molecule has 1 fully saturated rings. The molecule has 6 heteroatoms. The predicted molar refractivity (Wildman–Crippen MR) is 60.3 cm³/mol. The molecule has 1 amide bonds. The summed E-state index contributed by atoms with van der Waals surface area (Å²) >= 11 is 0. The molecule has 1 aliphatic carbocycles. The molecule has 1 aromatic rings. The van der Waals surface area contributed by atoms with Gasteiger partial charge in [0.25, 0.3) is 5.91 Å². The lowest BCUT2D eigenvalue weighted by Crippen LogP contribution is -2.25. The van der Waals surface area contributed by atoms with Crippen LogP contribution in [0.15, 0.2) is 18.2 Å². The smallest absolute Gasteiger partial charge is 0.306 e. The summed E-state index contributed by atoms with van der Waals surface area (Å²) in [7, 11) is -3.56. The summed E-state index contributed by atoms with van der Waals surface area (Å²) in [4.78, 5) is 11.7. The first-order valence-electron chi connectivity index (χ1n) is 5.26. The lowest BCUT2D eigenvalue weighted by Gasteiger charge is -2.08. The van der Waals surface area contributed by atoms with Gasteiger partial charge in [-0.2, -0.15) is 8.42 Å². The quantitative estimate of drug-likeness (QED) is 0.790. The molecular weight excluding hydrogens is 242 g/mol. The molecular formula is C11H11NO4S. The lowest BCUT2D eigenvalue weighted by molar-refractivity contribution is 0.0952. The van der Waals surface area contributed by atoms with Crippen LogP contribution < -0.4 is 9.50 Å². The zero-order valence-electron chi connectivity index (χ0n) is 9.19. The molecule has 0 aromatic heterocycles. The van der Waals surface area contributed by atoms with Crippen molar-refractivity contribution in [1.82, 2.24) is 5.32 Å². The first-order valence-corrected chi connectivity index (χ1v) is 7.08. The number of nitrogens with one attached hydrogen (secondary N) is 1. The Morgan fingerprint density at radius 3 is 2.65 bits per heavy atom. The zero-order chi connectivity index (χ0) is 12.3. The molecule has 1 saturated carbocycles. The van der Waals surface area contributed by atoms with Gasteiger partial charge in [0, 0.05) is 5.56 Å². The van der Waals surface area contributed by atoms with Gasteiger partial charge in [0.2, 0.25) is 0 Å². The fourth-order valence-electron chi connectivity index (χ4n) is 2.23. The minimum atomic E-state index is -3.56. The Labute approximate surface area is 98.9 Å². The van der Waals surface area contributed by atoms with E-state index in [1.54, 1.807) is 12.1 Å². The monoisotopic (exact) mass is 253 g/mol. The lowest BCUT2D eigenvalue weighted by atomic mass is 10.0. The van der Waals surface area contributed by atoms with Gasteiger partial charge in [0.05, 0.1) is 11.8 Å². The van der Waals surface area contributed by atoms with Gasteiger partial charge in [-0.15, -0.1) is 0 Å². The fraction of sp³-hybridized carbons (Fsp3) is 0.364. The second-order valence-corrected chi connectivity index (χ2v) is 6.11. The number of hydrogen-bond donors (Lipinski definition) is 1. The van der Waals surface area contributed by atoms with E-state index in [2.05, 4.69) is 5.32 Å².